The van der Waals surface area contributed by atoms with Gasteiger partial charge in [-0.05, 0) is 106 Å². The molecule has 3 amide bonds. The van der Waals surface area contributed by atoms with Gasteiger partial charge in [0.25, 0.3) is 5.91 Å². The fourth-order valence-electron chi connectivity index (χ4n) is 9.26. The second kappa shape index (κ2) is 15.2. The van der Waals surface area contributed by atoms with Crippen molar-refractivity contribution in [2.75, 3.05) is 38.2 Å². The van der Waals surface area contributed by atoms with Gasteiger partial charge in [0.2, 0.25) is 17.7 Å². The quantitative estimate of drug-likeness (QED) is 0.222. The van der Waals surface area contributed by atoms with E-state index in [9.17, 15) is 19.2 Å². The minimum atomic E-state index is -0.681. The molecule has 3 fully saturated rings. The summed E-state index contributed by atoms with van der Waals surface area (Å²) in [6.45, 7) is 4.11. The highest BCUT2D eigenvalue weighted by molar-refractivity contribution is 6.05. The maximum atomic E-state index is 13.5. The molecule has 2 aromatic carbocycles. The van der Waals surface area contributed by atoms with Crippen LogP contribution in [0.25, 0.3) is 21.9 Å². The molecule has 1 unspecified atom stereocenters. The van der Waals surface area contributed by atoms with E-state index in [0.717, 1.165) is 98.5 Å². The van der Waals surface area contributed by atoms with Gasteiger partial charge >= 0.3 is 5.69 Å². The van der Waals surface area contributed by atoms with E-state index in [0.29, 0.717) is 54.8 Å². The Morgan fingerprint density at radius 2 is 1.64 bits per heavy atom. The van der Waals surface area contributed by atoms with Gasteiger partial charge in [0.1, 0.15) is 17.5 Å². The van der Waals surface area contributed by atoms with Gasteiger partial charge in [-0.1, -0.05) is 18.2 Å². The molecule has 0 radical (unpaired) electrons. The summed E-state index contributed by atoms with van der Waals surface area (Å²) < 4.78 is 17.3. The largest absolute Gasteiger partial charge is 0.491 e. The first-order valence-corrected chi connectivity index (χ1v) is 20.1. The summed E-state index contributed by atoms with van der Waals surface area (Å²) in [6, 6.07) is 14.8. The van der Waals surface area contributed by atoms with Gasteiger partial charge in [-0.2, -0.15) is 5.10 Å². The molecular formula is C42H48N8O6. The summed E-state index contributed by atoms with van der Waals surface area (Å²) in [5.74, 6) is 0.983. The zero-order valence-corrected chi connectivity index (χ0v) is 31.7. The Labute approximate surface area is 324 Å². The first-order chi connectivity index (χ1) is 27.3. The number of piperidine rings is 2. The van der Waals surface area contributed by atoms with Gasteiger partial charge in [0.15, 0.2) is 0 Å². The minimum absolute atomic E-state index is 0.220. The third kappa shape index (κ3) is 7.06. The number of carbonyl (C=O) groups excluding carboxylic acids is 3. The van der Waals surface area contributed by atoms with Gasteiger partial charge in [-0.3, -0.25) is 33.5 Å². The lowest BCUT2D eigenvalue weighted by molar-refractivity contribution is -0.135. The van der Waals surface area contributed by atoms with Crippen molar-refractivity contribution < 1.29 is 23.9 Å². The number of aryl methyl sites for hydroxylation is 1. The summed E-state index contributed by atoms with van der Waals surface area (Å²) in [5.41, 5.74) is 4.33. The maximum Gasteiger partial charge on any atom is 0.329 e. The van der Waals surface area contributed by atoms with Crippen LogP contribution in [-0.4, -0.2) is 79.4 Å². The Morgan fingerprint density at radius 3 is 2.45 bits per heavy atom. The van der Waals surface area contributed by atoms with Crippen LogP contribution in [0.5, 0.6) is 11.6 Å². The van der Waals surface area contributed by atoms with Crippen molar-refractivity contribution in [1.29, 1.82) is 0 Å². The highest BCUT2D eigenvalue weighted by Gasteiger charge is 2.33. The first kappa shape index (κ1) is 36.2. The maximum absolute atomic E-state index is 13.5. The van der Waals surface area contributed by atoms with E-state index >= 15 is 0 Å². The Kier molecular flexibility index (Phi) is 9.82. The van der Waals surface area contributed by atoms with Gasteiger partial charge in [-0.25, -0.2) is 9.78 Å². The number of nitrogens with one attached hydrogen (secondary N) is 2. The number of likely N-dealkylation sites (tertiary alicyclic amines) is 1. The molecule has 1 aliphatic carbocycles. The zero-order chi connectivity index (χ0) is 38.3. The number of anilines is 1. The molecule has 5 aromatic rings. The number of benzene rings is 2. The number of aromatic nitrogens is 5. The van der Waals surface area contributed by atoms with Crippen LogP contribution in [0.1, 0.15) is 98.3 Å². The fraction of sp³-hybridized carbons (Fsp3) is 0.476. The van der Waals surface area contributed by atoms with Gasteiger partial charge in [0.05, 0.1) is 41.5 Å². The lowest BCUT2D eigenvalue weighted by Gasteiger charge is -2.37. The first-order valence-electron chi connectivity index (χ1n) is 20.1. The monoisotopic (exact) mass is 760 g/mol. The molecule has 2 N–H and O–H groups in total. The van der Waals surface area contributed by atoms with Crippen molar-refractivity contribution in [2.45, 2.75) is 82.2 Å². The third-order valence-corrected chi connectivity index (χ3v) is 12.3. The molecule has 1 saturated carbocycles. The van der Waals surface area contributed by atoms with Crippen molar-refractivity contribution in [2.24, 2.45) is 13.0 Å². The van der Waals surface area contributed by atoms with E-state index in [-0.39, 0.29) is 29.6 Å². The van der Waals surface area contributed by atoms with Crippen LogP contribution >= 0.6 is 0 Å². The predicted molar refractivity (Wildman–Crippen MR) is 210 cm³/mol. The number of pyridine rings is 1. The van der Waals surface area contributed by atoms with Crippen molar-refractivity contribution in [3.05, 3.63) is 76.5 Å². The molecule has 6 heterocycles. The Balaban J connectivity index is 0.826. The predicted octanol–water partition coefficient (Wildman–Crippen LogP) is 5.48. The number of hydrogen-bond donors (Lipinski definition) is 2. The van der Waals surface area contributed by atoms with E-state index in [4.69, 9.17) is 14.6 Å². The lowest BCUT2D eigenvalue weighted by atomic mass is 9.84. The van der Waals surface area contributed by atoms with E-state index in [1.165, 1.54) is 0 Å². The minimum Gasteiger partial charge on any atom is -0.491 e. The highest BCUT2D eigenvalue weighted by Crippen LogP contribution is 2.38. The number of nitrogens with zero attached hydrogens (tertiary/aromatic N) is 6. The number of rotatable bonds is 5. The summed E-state index contributed by atoms with van der Waals surface area (Å²) in [5, 5.41) is 11.4. The number of hydrogen-bond acceptors (Lipinski definition) is 9. The zero-order valence-electron chi connectivity index (χ0n) is 31.7. The van der Waals surface area contributed by atoms with Crippen LogP contribution in [0.2, 0.25) is 0 Å². The Bertz CT molecular complexity index is 2360. The number of carbonyl (C=O) groups is 3. The molecule has 0 spiro atoms. The molecule has 3 aromatic heterocycles. The molecule has 4 aliphatic rings. The smallest absolute Gasteiger partial charge is 0.329 e. The molecule has 14 nitrogen and oxygen atoms in total. The summed E-state index contributed by atoms with van der Waals surface area (Å²) in [4.78, 5) is 58.2. The molecular weight excluding hydrogens is 713 g/mol. The average Bonchev–Trinajstić information content (AvgIpc) is 3.73. The second-order valence-electron chi connectivity index (χ2n) is 15.9. The van der Waals surface area contributed by atoms with Crippen LogP contribution in [0.3, 0.4) is 0 Å². The molecule has 3 aliphatic heterocycles. The molecule has 2 saturated heterocycles. The normalized spacial score (nSPS) is 22.9. The van der Waals surface area contributed by atoms with Crippen molar-refractivity contribution in [1.82, 2.24) is 34.1 Å². The highest BCUT2D eigenvalue weighted by atomic mass is 16.5. The topological polar surface area (TPSA) is 155 Å². The number of para-hydroxylation sites is 1. The number of imidazole rings is 1. The van der Waals surface area contributed by atoms with Crippen LogP contribution in [0.4, 0.5) is 5.69 Å². The Hall–Kier alpha value is -5.50. The van der Waals surface area contributed by atoms with E-state index in [1.807, 2.05) is 24.3 Å². The van der Waals surface area contributed by atoms with Crippen molar-refractivity contribution >= 4 is 45.3 Å². The second-order valence-corrected chi connectivity index (χ2v) is 15.9. The number of fused-ring (bicyclic) bond motifs is 5. The lowest BCUT2D eigenvalue weighted by Crippen LogP contribution is -2.44. The summed E-state index contributed by atoms with van der Waals surface area (Å²) in [6.07, 6.45) is 10.7. The third-order valence-electron chi connectivity index (χ3n) is 12.3. The molecule has 2 bridgehead atoms. The molecule has 56 heavy (non-hydrogen) atoms. The van der Waals surface area contributed by atoms with E-state index in [1.54, 1.807) is 34.4 Å². The number of ether oxygens (including phenoxy) is 2. The summed E-state index contributed by atoms with van der Waals surface area (Å²) in [7, 11) is 1.79. The van der Waals surface area contributed by atoms with E-state index in [2.05, 4.69) is 37.5 Å². The standard InChI is InChI=1S/C42H48N8O6/c1-47-39-30(6-4-8-34(39)50(42(47)54)35-14-15-37(51)45-41(35)53)27-16-18-48(19-17-27)24-26-10-12-29(13-11-26)49-25-28-22-33-36(23-32(28)46-49)55-20-2-3-21-56-38-9-5-7-31(43-38)40(52)44-33/h4-9,22-23,25-27,29,35H,2-3,10-21,24H2,1H3,(H,44,52)(H,45,51,53). The average molecular weight is 761 g/mol. The van der Waals surface area contributed by atoms with E-state index < -0.39 is 11.9 Å². The molecule has 292 valence electrons. The van der Waals surface area contributed by atoms with Crippen molar-refractivity contribution in [3.8, 4) is 11.6 Å². The summed E-state index contributed by atoms with van der Waals surface area (Å²) >= 11 is 0. The van der Waals surface area contributed by atoms with Crippen LogP contribution < -0.4 is 25.8 Å². The van der Waals surface area contributed by atoms with Crippen LogP contribution in [0.15, 0.2) is 59.5 Å². The molecule has 9 rings (SSSR count). The van der Waals surface area contributed by atoms with Crippen LogP contribution in [-0.2, 0) is 16.6 Å². The Morgan fingerprint density at radius 1 is 0.857 bits per heavy atom. The number of amides is 3. The van der Waals surface area contributed by atoms with Crippen molar-refractivity contribution in [3.63, 3.8) is 0 Å². The molecule has 14 heteroatoms. The van der Waals surface area contributed by atoms with Gasteiger partial charge in [-0.15, -0.1) is 0 Å². The van der Waals surface area contributed by atoms with Gasteiger partial charge < -0.3 is 19.7 Å². The van der Waals surface area contributed by atoms with Gasteiger partial charge in [0, 0.05) is 43.7 Å². The number of imide groups is 1. The SMILES string of the molecule is Cn1c(=O)n(C2CCC(=O)NC2=O)c2cccc(C3CCN(CC4CCC(n5cc6cc7c(cc6n5)OCCCCOc5cccc(n5)C(=O)N7)CC4)CC3)c21. The van der Waals surface area contributed by atoms with Crippen LogP contribution in [0, 0.1) is 5.92 Å². The fourth-order valence-corrected chi connectivity index (χ4v) is 9.26. The molecule has 1 atom stereocenters.